The normalized spacial score (nSPS) is 13.7. The number of benzene rings is 2. The highest BCUT2D eigenvalue weighted by molar-refractivity contribution is 5.89. The van der Waals surface area contributed by atoms with Crippen LogP contribution in [0.2, 0.25) is 0 Å². The number of H-pyrrole nitrogens is 1. The summed E-state index contributed by atoms with van der Waals surface area (Å²) >= 11 is 0. The molecule has 2 aromatic carbocycles. The summed E-state index contributed by atoms with van der Waals surface area (Å²) in [4.78, 5) is 23.8. The van der Waals surface area contributed by atoms with Gasteiger partial charge in [0.05, 0.1) is 11.6 Å². The van der Waals surface area contributed by atoms with Gasteiger partial charge in [-0.2, -0.15) is 0 Å². The number of nitrogens with one attached hydrogen (secondary N) is 2. The standard InChI is InChI=1S/C27H34N2O4.C2H4O2/c1-5-17-10-19-12-21(13-20(19)11-18(17)6-2)28-14-23(30)26-16(3)9-24(33-15-32-4)27-22(26)7-8-25(31)29-27;1-2(3)4/h7-11,21,23,28,30H,5-6,12-15H2,1-4H3,(H,29,31);1H3,(H,3,4). The number of carbonyl (C=O) groups is 1. The van der Waals surface area contributed by atoms with E-state index in [1.807, 2.05) is 13.0 Å². The fraction of sp³-hybridized carbons (Fsp3) is 0.448. The third kappa shape index (κ3) is 6.97. The number of carboxylic acid groups (broad SMARTS) is 1. The molecule has 0 saturated heterocycles. The van der Waals surface area contributed by atoms with Crippen molar-refractivity contribution in [1.82, 2.24) is 10.3 Å². The summed E-state index contributed by atoms with van der Waals surface area (Å²) in [5.41, 5.74) is 7.82. The summed E-state index contributed by atoms with van der Waals surface area (Å²) in [6.45, 7) is 7.98. The average Bonchev–Trinajstić information content (AvgIpc) is 3.26. The van der Waals surface area contributed by atoms with Crippen LogP contribution >= 0.6 is 0 Å². The minimum atomic E-state index is -0.833. The summed E-state index contributed by atoms with van der Waals surface area (Å²) in [5, 5.41) is 22.9. The zero-order valence-corrected chi connectivity index (χ0v) is 22.3. The Bertz CT molecular complexity index is 1260. The number of aromatic amines is 1. The maximum Gasteiger partial charge on any atom is 0.300 e. The first-order chi connectivity index (χ1) is 17.7. The zero-order valence-electron chi connectivity index (χ0n) is 22.3. The van der Waals surface area contributed by atoms with E-state index in [1.54, 1.807) is 13.2 Å². The van der Waals surface area contributed by atoms with Crippen molar-refractivity contribution < 1.29 is 24.5 Å². The summed E-state index contributed by atoms with van der Waals surface area (Å²) in [6.07, 6.45) is 3.37. The SMILES string of the molecule is CC(=O)O.CCc1cc2c(cc1CC)CC(NCC(O)c1c(C)cc(OCOC)c3[nH]c(=O)ccc13)C2. The molecule has 1 atom stereocenters. The maximum absolute atomic E-state index is 12.0. The lowest BCUT2D eigenvalue weighted by molar-refractivity contribution is -0.134. The molecule has 8 heteroatoms. The molecule has 1 unspecified atom stereocenters. The molecule has 0 bridgehead atoms. The largest absolute Gasteiger partial charge is 0.481 e. The topological polar surface area (TPSA) is 121 Å². The molecule has 1 aliphatic rings. The van der Waals surface area contributed by atoms with Gasteiger partial charge in [0.1, 0.15) is 5.75 Å². The van der Waals surface area contributed by atoms with Gasteiger partial charge in [0, 0.05) is 38.1 Å². The van der Waals surface area contributed by atoms with E-state index in [-0.39, 0.29) is 12.4 Å². The molecule has 0 aliphatic heterocycles. The maximum atomic E-state index is 12.0. The molecule has 0 spiro atoms. The third-order valence-electron chi connectivity index (χ3n) is 6.71. The smallest absolute Gasteiger partial charge is 0.300 e. The van der Waals surface area contributed by atoms with Crippen LogP contribution in [0.4, 0.5) is 0 Å². The number of hydrogen-bond donors (Lipinski definition) is 4. The highest BCUT2D eigenvalue weighted by Crippen LogP contribution is 2.33. The third-order valence-corrected chi connectivity index (χ3v) is 6.71. The van der Waals surface area contributed by atoms with Crippen molar-refractivity contribution in [2.75, 3.05) is 20.4 Å². The van der Waals surface area contributed by atoms with E-state index < -0.39 is 12.1 Å². The van der Waals surface area contributed by atoms with Crippen LogP contribution in [0.25, 0.3) is 10.9 Å². The van der Waals surface area contributed by atoms with Gasteiger partial charge in [-0.05, 0) is 78.1 Å². The van der Waals surface area contributed by atoms with Crippen LogP contribution in [0.5, 0.6) is 5.75 Å². The van der Waals surface area contributed by atoms with E-state index >= 15 is 0 Å². The number of aliphatic hydroxyl groups is 1. The van der Waals surface area contributed by atoms with Crippen LogP contribution in [-0.4, -0.2) is 47.7 Å². The lowest BCUT2D eigenvalue weighted by Crippen LogP contribution is -2.33. The van der Waals surface area contributed by atoms with Crippen molar-refractivity contribution in [3.8, 4) is 5.75 Å². The Morgan fingerprint density at radius 1 is 1.14 bits per heavy atom. The van der Waals surface area contributed by atoms with Crippen molar-refractivity contribution in [2.45, 2.75) is 65.5 Å². The lowest BCUT2D eigenvalue weighted by atomic mass is 9.97. The minimum absolute atomic E-state index is 0.0800. The lowest BCUT2D eigenvalue weighted by Gasteiger charge is -2.21. The predicted octanol–water partition coefficient (Wildman–Crippen LogP) is 3.83. The van der Waals surface area contributed by atoms with Crippen molar-refractivity contribution in [1.29, 1.82) is 0 Å². The van der Waals surface area contributed by atoms with Gasteiger partial charge >= 0.3 is 0 Å². The Hall–Kier alpha value is -3.20. The Labute approximate surface area is 217 Å². The first-order valence-electron chi connectivity index (χ1n) is 12.7. The van der Waals surface area contributed by atoms with Crippen LogP contribution < -0.4 is 15.6 Å². The van der Waals surface area contributed by atoms with E-state index in [4.69, 9.17) is 19.4 Å². The number of rotatable bonds is 9. The molecular formula is C29H38N2O6. The van der Waals surface area contributed by atoms with Crippen molar-refractivity contribution in [2.24, 2.45) is 0 Å². The minimum Gasteiger partial charge on any atom is -0.481 e. The van der Waals surface area contributed by atoms with Gasteiger partial charge in [-0.15, -0.1) is 0 Å². The number of pyridine rings is 1. The Morgan fingerprint density at radius 2 is 1.73 bits per heavy atom. The van der Waals surface area contributed by atoms with E-state index in [1.165, 1.54) is 28.3 Å². The quantitative estimate of drug-likeness (QED) is 0.323. The number of fused-ring (bicyclic) bond motifs is 2. The summed E-state index contributed by atoms with van der Waals surface area (Å²) in [7, 11) is 1.55. The highest BCUT2D eigenvalue weighted by Gasteiger charge is 2.24. The Balaban J connectivity index is 0.000000886. The van der Waals surface area contributed by atoms with Gasteiger partial charge in [0.2, 0.25) is 5.56 Å². The highest BCUT2D eigenvalue weighted by atomic mass is 16.7. The summed E-state index contributed by atoms with van der Waals surface area (Å²) in [6, 6.07) is 10.1. The summed E-state index contributed by atoms with van der Waals surface area (Å²) < 4.78 is 10.7. The first kappa shape index (κ1) is 28.4. The van der Waals surface area contributed by atoms with Crippen LogP contribution in [-0.2, 0) is 35.2 Å². The van der Waals surface area contributed by atoms with Crippen LogP contribution in [0.1, 0.15) is 60.3 Å². The molecule has 200 valence electrons. The number of carboxylic acids is 1. The predicted molar refractivity (Wildman–Crippen MR) is 144 cm³/mol. The molecule has 37 heavy (non-hydrogen) atoms. The first-order valence-corrected chi connectivity index (χ1v) is 12.7. The molecule has 4 rings (SSSR count). The fourth-order valence-corrected chi connectivity index (χ4v) is 5.09. The summed E-state index contributed by atoms with van der Waals surface area (Å²) in [5.74, 6) is -0.296. The Kier molecular flexibility index (Phi) is 9.86. The molecule has 8 nitrogen and oxygen atoms in total. The van der Waals surface area contributed by atoms with Gasteiger partial charge in [-0.1, -0.05) is 26.0 Å². The molecule has 1 aliphatic carbocycles. The van der Waals surface area contributed by atoms with E-state index in [0.29, 0.717) is 23.9 Å². The van der Waals surface area contributed by atoms with Crippen molar-refractivity contribution in [3.05, 3.63) is 74.1 Å². The second-order valence-corrected chi connectivity index (χ2v) is 9.41. The molecular weight excluding hydrogens is 472 g/mol. The second-order valence-electron chi connectivity index (χ2n) is 9.41. The van der Waals surface area contributed by atoms with E-state index in [2.05, 4.69) is 36.3 Å². The van der Waals surface area contributed by atoms with Gasteiger partial charge in [0.15, 0.2) is 6.79 Å². The van der Waals surface area contributed by atoms with E-state index in [0.717, 1.165) is 49.1 Å². The Morgan fingerprint density at radius 3 is 2.27 bits per heavy atom. The number of methoxy groups -OCH3 is 1. The molecule has 0 amide bonds. The molecule has 0 saturated carbocycles. The number of aromatic nitrogens is 1. The molecule has 4 N–H and O–H groups in total. The van der Waals surface area contributed by atoms with Crippen LogP contribution in [0, 0.1) is 6.92 Å². The van der Waals surface area contributed by atoms with E-state index in [9.17, 15) is 9.90 Å². The number of ether oxygens (including phenoxy) is 2. The molecule has 0 fully saturated rings. The van der Waals surface area contributed by atoms with Crippen molar-refractivity contribution >= 4 is 16.9 Å². The zero-order chi connectivity index (χ0) is 27.1. The number of aliphatic carboxylic acids is 1. The van der Waals surface area contributed by atoms with Gasteiger partial charge < -0.3 is 30.0 Å². The average molecular weight is 511 g/mol. The molecule has 0 radical (unpaired) electrons. The molecule has 1 heterocycles. The fourth-order valence-electron chi connectivity index (χ4n) is 5.09. The van der Waals surface area contributed by atoms with Crippen LogP contribution in [0.15, 0.2) is 35.1 Å². The number of hydrogen-bond acceptors (Lipinski definition) is 6. The van der Waals surface area contributed by atoms with Crippen molar-refractivity contribution in [3.63, 3.8) is 0 Å². The number of aryl methyl sites for hydroxylation is 3. The van der Waals surface area contributed by atoms with Gasteiger partial charge in [-0.25, -0.2) is 0 Å². The monoisotopic (exact) mass is 510 g/mol. The second kappa shape index (κ2) is 12.9. The van der Waals surface area contributed by atoms with Gasteiger partial charge in [-0.3, -0.25) is 9.59 Å². The van der Waals surface area contributed by atoms with Gasteiger partial charge in [0.25, 0.3) is 5.97 Å². The number of aliphatic hydroxyl groups excluding tert-OH is 1. The van der Waals surface area contributed by atoms with Crippen LogP contribution in [0.3, 0.4) is 0 Å². The molecule has 1 aromatic heterocycles. The molecule has 3 aromatic rings.